The fourth-order valence-corrected chi connectivity index (χ4v) is 3.59. The Morgan fingerprint density at radius 3 is 2.78 bits per heavy atom. The number of nitrogens with two attached hydrogens (primary N) is 1. The van der Waals surface area contributed by atoms with E-state index in [1.807, 2.05) is 6.21 Å². The summed E-state index contributed by atoms with van der Waals surface area (Å²) in [6, 6.07) is 0. The van der Waals surface area contributed by atoms with Gasteiger partial charge in [0.25, 0.3) is 0 Å². The van der Waals surface area contributed by atoms with E-state index >= 15 is 0 Å². The van der Waals surface area contributed by atoms with Crippen LogP contribution in [0.3, 0.4) is 0 Å². The predicted molar refractivity (Wildman–Crippen MR) is 96.8 cm³/mol. The number of nitrogens with one attached hydrogen (secondary N) is 1. The molecule has 0 aromatic carbocycles. The van der Waals surface area contributed by atoms with Crippen molar-refractivity contribution in [2.75, 3.05) is 17.8 Å². The number of aromatic nitrogens is 4. The maximum absolute atomic E-state index is 10.2. The Bertz CT molecular complexity index is 836. The maximum atomic E-state index is 10.2. The fourth-order valence-electron chi connectivity index (χ4n) is 3.59. The van der Waals surface area contributed by atoms with Crippen LogP contribution in [-0.4, -0.2) is 66.0 Å². The van der Waals surface area contributed by atoms with Crippen molar-refractivity contribution >= 4 is 29.1 Å². The lowest BCUT2D eigenvalue weighted by molar-refractivity contribution is -0.0511. The molecule has 11 heteroatoms. The van der Waals surface area contributed by atoms with Gasteiger partial charge >= 0.3 is 0 Å². The molecule has 11 nitrogen and oxygen atoms in total. The molecule has 2 aliphatic rings. The normalized spacial score (nSPS) is 29.3. The molecule has 0 bridgehead atoms. The molecule has 6 N–H and O–H groups in total. The third kappa shape index (κ3) is 3.34. The first kappa shape index (κ1) is 18.0. The van der Waals surface area contributed by atoms with Crippen LogP contribution >= 0.6 is 0 Å². The highest BCUT2D eigenvalue weighted by molar-refractivity contribution is 5.83. The van der Waals surface area contributed by atoms with Crippen molar-refractivity contribution < 1.29 is 20.1 Å². The van der Waals surface area contributed by atoms with Gasteiger partial charge in [-0.2, -0.15) is 15.1 Å². The van der Waals surface area contributed by atoms with Crippen LogP contribution in [0.1, 0.15) is 31.9 Å². The quantitative estimate of drug-likeness (QED) is 0.345. The zero-order valence-electron chi connectivity index (χ0n) is 14.6. The van der Waals surface area contributed by atoms with Gasteiger partial charge in [0.1, 0.15) is 23.8 Å². The van der Waals surface area contributed by atoms with Gasteiger partial charge in [0, 0.05) is 6.21 Å². The maximum Gasteiger partial charge on any atom is 0.247 e. The van der Waals surface area contributed by atoms with E-state index in [9.17, 15) is 15.3 Å². The minimum atomic E-state index is -1.24. The smallest absolute Gasteiger partial charge is 0.247 e. The molecule has 0 radical (unpaired) electrons. The minimum absolute atomic E-state index is 0.157. The van der Waals surface area contributed by atoms with Gasteiger partial charge in [0.2, 0.25) is 5.95 Å². The third-order valence-electron chi connectivity index (χ3n) is 5.09. The molecule has 2 aromatic rings. The largest absolute Gasteiger partial charge is 0.394 e. The van der Waals surface area contributed by atoms with Crippen LogP contribution in [0.2, 0.25) is 0 Å². The number of nitrogen functional groups attached to an aromatic ring is 1. The Hall–Kier alpha value is -2.34. The van der Waals surface area contributed by atoms with Gasteiger partial charge in [-0.05, 0) is 18.8 Å². The van der Waals surface area contributed by atoms with E-state index in [4.69, 9.17) is 10.5 Å². The number of rotatable bonds is 5. The third-order valence-corrected chi connectivity index (χ3v) is 5.09. The molecule has 0 amide bonds. The Balaban J connectivity index is 1.60. The van der Waals surface area contributed by atoms with Crippen molar-refractivity contribution in [3.8, 4) is 0 Å². The highest BCUT2D eigenvalue weighted by Crippen LogP contribution is 2.32. The summed E-state index contributed by atoms with van der Waals surface area (Å²) >= 11 is 0. The number of aliphatic hydroxyl groups excluding tert-OH is 3. The predicted octanol–water partition coefficient (Wildman–Crippen LogP) is -0.392. The summed E-state index contributed by atoms with van der Waals surface area (Å²) in [5.41, 5.74) is 9.43. The zero-order valence-corrected chi connectivity index (χ0v) is 14.6. The second kappa shape index (κ2) is 7.35. The van der Waals surface area contributed by atoms with E-state index in [-0.39, 0.29) is 11.8 Å². The minimum Gasteiger partial charge on any atom is -0.394 e. The highest BCUT2D eigenvalue weighted by Gasteiger charge is 2.44. The molecule has 3 heterocycles. The zero-order chi connectivity index (χ0) is 19.0. The number of ether oxygens (including phenoxy) is 1. The van der Waals surface area contributed by atoms with Gasteiger partial charge in [-0.15, -0.1) is 0 Å². The Morgan fingerprint density at radius 2 is 2.07 bits per heavy atom. The molecule has 1 saturated heterocycles. The number of hydrogen-bond acceptors (Lipinski definition) is 10. The second-order valence-corrected chi connectivity index (χ2v) is 6.92. The Morgan fingerprint density at radius 1 is 1.30 bits per heavy atom. The van der Waals surface area contributed by atoms with Crippen LogP contribution in [0.4, 0.5) is 11.8 Å². The molecule has 1 aliphatic heterocycles. The van der Waals surface area contributed by atoms with E-state index in [0.717, 1.165) is 12.8 Å². The average molecular weight is 377 g/mol. The number of imidazole rings is 1. The van der Waals surface area contributed by atoms with Crippen LogP contribution in [0.15, 0.2) is 11.4 Å². The lowest BCUT2D eigenvalue weighted by Crippen LogP contribution is -2.33. The first-order chi connectivity index (χ1) is 13.1. The fraction of sp³-hybridized carbons (Fsp3) is 0.625. The van der Waals surface area contributed by atoms with Crippen LogP contribution in [-0.2, 0) is 4.74 Å². The van der Waals surface area contributed by atoms with Crippen LogP contribution in [0, 0.1) is 5.92 Å². The molecule has 2 fully saturated rings. The SMILES string of the molecule is Nc1nc(N/N=C/C2CCCC2)nc2c1ncn2[C@@H]1O[C@H](CO)[C@@H](O)[C@H]1O. The van der Waals surface area contributed by atoms with Crippen LogP contribution in [0.5, 0.6) is 0 Å². The number of hydrogen-bond donors (Lipinski definition) is 5. The lowest BCUT2D eigenvalue weighted by Gasteiger charge is -2.16. The van der Waals surface area contributed by atoms with E-state index < -0.39 is 31.1 Å². The van der Waals surface area contributed by atoms with Gasteiger partial charge in [0.05, 0.1) is 12.9 Å². The number of hydrazone groups is 1. The van der Waals surface area contributed by atoms with Crippen molar-refractivity contribution in [1.82, 2.24) is 19.5 Å². The van der Waals surface area contributed by atoms with Gasteiger partial charge in [-0.3, -0.25) is 4.57 Å². The van der Waals surface area contributed by atoms with Crippen molar-refractivity contribution in [2.45, 2.75) is 50.2 Å². The topological polar surface area (TPSA) is 164 Å². The van der Waals surface area contributed by atoms with E-state index in [0.29, 0.717) is 17.1 Å². The van der Waals surface area contributed by atoms with Crippen molar-refractivity contribution in [3.63, 3.8) is 0 Å². The Labute approximate surface area is 154 Å². The first-order valence-electron chi connectivity index (χ1n) is 9.00. The summed E-state index contributed by atoms with van der Waals surface area (Å²) in [5, 5.41) is 33.7. The molecule has 0 spiro atoms. The van der Waals surface area contributed by atoms with Crippen molar-refractivity contribution in [1.29, 1.82) is 0 Å². The summed E-state index contributed by atoms with van der Waals surface area (Å²) in [5.74, 6) is 0.815. The molecule has 4 atom stereocenters. The van der Waals surface area contributed by atoms with Gasteiger partial charge in [-0.1, -0.05) is 12.8 Å². The summed E-state index contributed by atoms with van der Waals surface area (Å²) < 4.78 is 7.00. The Kier molecular flexibility index (Phi) is 4.91. The average Bonchev–Trinajstić information content (AvgIpc) is 3.37. The molecule has 0 unspecified atom stereocenters. The summed E-state index contributed by atoms with van der Waals surface area (Å²) in [6.45, 7) is -0.416. The van der Waals surface area contributed by atoms with Gasteiger partial charge < -0.3 is 25.8 Å². The summed E-state index contributed by atoms with van der Waals surface area (Å²) in [7, 11) is 0. The molecule has 27 heavy (non-hydrogen) atoms. The van der Waals surface area contributed by atoms with Gasteiger partial charge in [0.15, 0.2) is 17.7 Å². The van der Waals surface area contributed by atoms with Crippen molar-refractivity contribution in [3.05, 3.63) is 6.33 Å². The van der Waals surface area contributed by atoms with Gasteiger partial charge in [-0.25, -0.2) is 10.4 Å². The number of aliphatic hydroxyl groups is 3. The monoisotopic (exact) mass is 377 g/mol. The first-order valence-corrected chi connectivity index (χ1v) is 9.00. The molecular weight excluding hydrogens is 354 g/mol. The van der Waals surface area contributed by atoms with E-state index in [2.05, 4.69) is 25.5 Å². The number of nitrogens with zero attached hydrogens (tertiary/aromatic N) is 5. The number of anilines is 2. The summed E-state index contributed by atoms with van der Waals surface area (Å²) in [6.07, 6.45) is 3.66. The lowest BCUT2D eigenvalue weighted by atomic mass is 10.1. The van der Waals surface area contributed by atoms with E-state index in [1.165, 1.54) is 23.7 Å². The van der Waals surface area contributed by atoms with E-state index in [1.54, 1.807) is 0 Å². The molecule has 1 aliphatic carbocycles. The highest BCUT2D eigenvalue weighted by atomic mass is 16.6. The summed E-state index contributed by atoms with van der Waals surface area (Å²) in [4.78, 5) is 12.7. The molecule has 2 aromatic heterocycles. The molecule has 4 rings (SSSR count). The number of fused-ring (bicyclic) bond motifs is 1. The van der Waals surface area contributed by atoms with Crippen LogP contribution < -0.4 is 11.2 Å². The van der Waals surface area contributed by atoms with Crippen molar-refractivity contribution in [2.24, 2.45) is 11.0 Å². The second-order valence-electron chi connectivity index (χ2n) is 6.92. The standard InChI is InChI=1S/C16H23N7O4/c17-13-10-14(21-16(20-13)22-19-5-8-3-1-2-4-8)23(7-18-10)15-12(26)11(25)9(6-24)27-15/h5,7-9,11-12,15,24-26H,1-4,6H2,(H3,17,20,21,22)/b19-5+/t9-,11-,12-,15-/m1/s1. The molecule has 146 valence electrons. The molecule has 1 saturated carbocycles. The molecular formula is C16H23N7O4. The van der Waals surface area contributed by atoms with Crippen LogP contribution in [0.25, 0.3) is 11.2 Å².